The highest BCUT2D eigenvalue weighted by molar-refractivity contribution is 7.92. The van der Waals surface area contributed by atoms with E-state index in [4.69, 9.17) is 4.74 Å². The fraction of sp³-hybridized carbons (Fsp3) is 0.222. The summed E-state index contributed by atoms with van der Waals surface area (Å²) in [6.07, 6.45) is 0. The maximum atomic E-state index is 13.1. The lowest BCUT2D eigenvalue weighted by Crippen LogP contribution is -2.35. The number of carbonyl (C=O) groups excluding carboxylic acids is 2. The van der Waals surface area contributed by atoms with E-state index in [0.29, 0.717) is 0 Å². The molecular weight excluding hydrogens is 422 g/mol. The number of ether oxygens (including phenoxy) is 1. The molecule has 3 amide bonds. The molecule has 0 aromatic heterocycles. The van der Waals surface area contributed by atoms with Crippen LogP contribution in [0.4, 0.5) is 30.6 Å². The first-order valence-electron chi connectivity index (χ1n) is 8.61. The monoisotopic (exact) mass is 442 g/mol. The average molecular weight is 442 g/mol. The lowest BCUT2D eigenvalue weighted by atomic mass is 10.2. The molecule has 0 spiro atoms. The second-order valence-electron chi connectivity index (χ2n) is 5.91. The molecule has 0 aliphatic carbocycles. The van der Waals surface area contributed by atoms with Crippen molar-refractivity contribution in [2.45, 2.75) is 6.92 Å². The highest BCUT2D eigenvalue weighted by Crippen LogP contribution is 2.28. The van der Waals surface area contributed by atoms with E-state index in [2.05, 4.69) is 20.7 Å². The van der Waals surface area contributed by atoms with Gasteiger partial charge in [0, 0.05) is 23.5 Å². The van der Waals surface area contributed by atoms with Crippen LogP contribution in [0.25, 0.3) is 0 Å². The van der Waals surface area contributed by atoms with Gasteiger partial charge in [-0.05, 0) is 31.2 Å². The van der Waals surface area contributed by atoms with Crippen LogP contribution in [0, 0.1) is 11.6 Å². The normalized spacial score (nSPS) is 10.8. The van der Waals surface area contributed by atoms with Gasteiger partial charge in [0.05, 0.1) is 25.1 Å². The molecule has 0 fully saturated rings. The summed E-state index contributed by atoms with van der Waals surface area (Å²) in [6.45, 7) is 1.05. The summed E-state index contributed by atoms with van der Waals surface area (Å²) in [4.78, 5) is 23.8. The zero-order chi connectivity index (χ0) is 22.3. The van der Waals surface area contributed by atoms with Crippen LogP contribution < -0.4 is 25.4 Å². The van der Waals surface area contributed by atoms with E-state index in [0.717, 1.165) is 12.1 Å². The van der Waals surface area contributed by atoms with Gasteiger partial charge in [-0.25, -0.2) is 22.0 Å². The molecule has 0 aliphatic rings. The molecule has 0 radical (unpaired) electrons. The summed E-state index contributed by atoms with van der Waals surface area (Å²) in [5.41, 5.74) is 0.525. The number of urea groups is 1. The number of methoxy groups -OCH3 is 1. The quantitative estimate of drug-likeness (QED) is 0.500. The third-order valence-electron chi connectivity index (χ3n) is 3.72. The standard InChI is InChI=1S/C18H20F2N4O5S/c1-3-30(27,28)24-15-7-5-12(9-16(15)29-2)23-18(26)21-10-17(25)22-11-4-6-13(19)14(20)8-11/h4-9,24H,3,10H2,1-2H3,(H,22,25)(H2,21,23,26). The third-order valence-corrected chi connectivity index (χ3v) is 5.01. The van der Waals surface area contributed by atoms with Crippen molar-refractivity contribution in [2.24, 2.45) is 0 Å². The van der Waals surface area contributed by atoms with Crippen LogP contribution in [0.1, 0.15) is 6.92 Å². The van der Waals surface area contributed by atoms with Crippen molar-refractivity contribution in [2.75, 3.05) is 34.8 Å². The Morgan fingerprint density at radius 3 is 2.30 bits per heavy atom. The van der Waals surface area contributed by atoms with Crippen molar-refractivity contribution in [1.82, 2.24) is 5.32 Å². The highest BCUT2D eigenvalue weighted by atomic mass is 32.2. The lowest BCUT2D eigenvalue weighted by molar-refractivity contribution is -0.115. The number of rotatable bonds is 8. The number of benzene rings is 2. The molecule has 9 nitrogen and oxygen atoms in total. The van der Waals surface area contributed by atoms with Crippen LogP contribution in [0.5, 0.6) is 5.75 Å². The SMILES string of the molecule is CCS(=O)(=O)Nc1ccc(NC(=O)NCC(=O)Nc2ccc(F)c(F)c2)cc1OC. The summed E-state index contributed by atoms with van der Waals surface area (Å²) in [6, 6.07) is 6.38. The summed E-state index contributed by atoms with van der Waals surface area (Å²) in [5, 5.41) is 7.06. The number of sulfonamides is 1. The summed E-state index contributed by atoms with van der Waals surface area (Å²) in [5.74, 6) is -2.75. The van der Waals surface area contributed by atoms with Gasteiger partial charge in [0.2, 0.25) is 15.9 Å². The van der Waals surface area contributed by atoms with Gasteiger partial charge >= 0.3 is 6.03 Å². The lowest BCUT2D eigenvalue weighted by Gasteiger charge is -2.13. The van der Waals surface area contributed by atoms with E-state index < -0.39 is 40.1 Å². The molecule has 0 saturated heterocycles. The minimum atomic E-state index is -3.51. The molecule has 2 rings (SSSR count). The van der Waals surface area contributed by atoms with E-state index >= 15 is 0 Å². The fourth-order valence-corrected chi connectivity index (χ4v) is 2.86. The molecule has 0 heterocycles. The Kier molecular flexibility index (Phi) is 7.53. The van der Waals surface area contributed by atoms with Gasteiger partial charge in [0.25, 0.3) is 0 Å². The zero-order valence-corrected chi connectivity index (χ0v) is 16.9. The Labute approximate surface area is 171 Å². The van der Waals surface area contributed by atoms with Crippen LogP contribution in [0.15, 0.2) is 36.4 Å². The summed E-state index contributed by atoms with van der Waals surface area (Å²) in [7, 11) is -2.17. The largest absolute Gasteiger partial charge is 0.494 e. The summed E-state index contributed by atoms with van der Waals surface area (Å²) >= 11 is 0. The second kappa shape index (κ2) is 9.87. The van der Waals surface area contributed by atoms with E-state index in [-0.39, 0.29) is 28.6 Å². The third kappa shape index (κ3) is 6.58. The van der Waals surface area contributed by atoms with E-state index in [1.807, 2.05) is 0 Å². The molecule has 0 bridgehead atoms. The van der Waals surface area contributed by atoms with Gasteiger partial charge in [-0.3, -0.25) is 9.52 Å². The molecule has 2 aromatic carbocycles. The van der Waals surface area contributed by atoms with Gasteiger partial charge in [-0.15, -0.1) is 0 Å². The Morgan fingerprint density at radius 2 is 1.67 bits per heavy atom. The minimum absolute atomic E-state index is 0.0379. The molecular formula is C18H20F2N4O5S. The number of anilines is 3. The molecule has 0 unspecified atom stereocenters. The molecule has 2 aromatic rings. The Balaban J connectivity index is 1.92. The van der Waals surface area contributed by atoms with Gasteiger partial charge < -0.3 is 20.7 Å². The number of hydrogen-bond acceptors (Lipinski definition) is 5. The molecule has 0 aliphatic heterocycles. The maximum absolute atomic E-state index is 13.1. The smallest absolute Gasteiger partial charge is 0.319 e. The second-order valence-corrected chi connectivity index (χ2v) is 7.92. The van der Waals surface area contributed by atoms with Crippen LogP contribution >= 0.6 is 0 Å². The van der Waals surface area contributed by atoms with Crippen molar-refractivity contribution in [3.8, 4) is 5.75 Å². The van der Waals surface area contributed by atoms with Crippen molar-refractivity contribution in [3.63, 3.8) is 0 Å². The Morgan fingerprint density at radius 1 is 1.00 bits per heavy atom. The average Bonchev–Trinajstić information content (AvgIpc) is 2.70. The minimum Gasteiger partial charge on any atom is -0.494 e. The van der Waals surface area contributed by atoms with E-state index in [1.54, 1.807) is 0 Å². The first-order valence-corrected chi connectivity index (χ1v) is 10.3. The Hall–Kier alpha value is -3.41. The van der Waals surface area contributed by atoms with E-state index in [9.17, 15) is 26.8 Å². The van der Waals surface area contributed by atoms with Gasteiger partial charge in [0.15, 0.2) is 11.6 Å². The van der Waals surface area contributed by atoms with Crippen LogP contribution in [0.2, 0.25) is 0 Å². The molecule has 0 atom stereocenters. The van der Waals surface area contributed by atoms with E-state index in [1.165, 1.54) is 38.3 Å². The van der Waals surface area contributed by atoms with Crippen LogP contribution in [-0.4, -0.2) is 39.8 Å². The fourth-order valence-electron chi connectivity index (χ4n) is 2.21. The van der Waals surface area contributed by atoms with Crippen molar-refractivity contribution < 1.29 is 31.5 Å². The highest BCUT2D eigenvalue weighted by Gasteiger charge is 2.13. The van der Waals surface area contributed by atoms with Crippen LogP contribution in [-0.2, 0) is 14.8 Å². The molecule has 4 N–H and O–H groups in total. The number of hydrogen-bond donors (Lipinski definition) is 4. The van der Waals surface area contributed by atoms with Gasteiger partial charge in [-0.2, -0.15) is 0 Å². The van der Waals surface area contributed by atoms with Crippen molar-refractivity contribution in [3.05, 3.63) is 48.0 Å². The molecule has 162 valence electrons. The van der Waals surface area contributed by atoms with Crippen molar-refractivity contribution in [1.29, 1.82) is 0 Å². The first kappa shape index (κ1) is 22.9. The maximum Gasteiger partial charge on any atom is 0.319 e. The zero-order valence-electron chi connectivity index (χ0n) is 16.1. The molecule has 12 heteroatoms. The van der Waals surface area contributed by atoms with Crippen molar-refractivity contribution >= 4 is 39.0 Å². The predicted octanol–water partition coefficient (Wildman–Crippen LogP) is 2.50. The van der Waals surface area contributed by atoms with Gasteiger partial charge in [0.1, 0.15) is 5.75 Å². The molecule has 0 saturated carbocycles. The predicted molar refractivity (Wildman–Crippen MR) is 108 cm³/mol. The summed E-state index contributed by atoms with van der Waals surface area (Å²) < 4.78 is 56.9. The number of amides is 3. The number of halogens is 2. The topological polar surface area (TPSA) is 126 Å². The van der Waals surface area contributed by atoms with Gasteiger partial charge in [-0.1, -0.05) is 0 Å². The molecule has 30 heavy (non-hydrogen) atoms. The Bertz CT molecular complexity index is 1050. The van der Waals surface area contributed by atoms with Crippen LogP contribution in [0.3, 0.4) is 0 Å². The first-order chi connectivity index (χ1) is 14.1. The number of carbonyl (C=O) groups is 2. The number of nitrogens with one attached hydrogen (secondary N) is 4.